The van der Waals surface area contributed by atoms with Crippen molar-refractivity contribution in [2.75, 3.05) is 0 Å². The van der Waals surface area contributed by atoms with Crippen LogP contribution >= 0.6 is 11.3 Å². The third-order valence-corrected chi connectivity index (χ3v) is 4.64. The van der Waals surface area contributed by atoms with E-state index in [-0.39, 0.29) is 0 Å². The molecule has 3 N–H and O–H groups in total. The summed E-state index contributed by atoms with van der Waals surface area (Å²) in [4.78, 5) is 0. The molecule has 2 nitrogen and oxygen atoms in total. The molecule has 1 saturated carbocycles. The molecule has 1 aliphatic rings. The average molecular weight is 238 g/mol. The molecule has 1 aromatic heterocycles. The van der Waals surface area contributed by atoms with Crippen molar-refractivity contribution < 1.29 is 0 Å². The van der Waals surface area contributed by atoms with Gasteiger partial charge in [0.25, 0.3) is 0 Å². The van der Waals surface area contributed by atoms with Crippen molar-refractivity contribution in [2.24, 2.45) is 17.2 Å². The fourth-order valence-corrected chi connectivity index (χ4v) is 3.41. The van der Waals surface area contributed by atoms with Crippen LogP contribution in [0.25, 0.3) is 0 Å². The van der Waals surface area contributed by atoms with E-state index in [1.54, 1.807) is 11.3 Å². The predicted octanol–water partition coefficient (Wildman–Crippen LogP) is 3.47. The summed E-state index contributed by atoms with van der Waals surface area (Å²) < 4.78 is 0. The van der Waals surface area contributed by atoms with Crippen molar-refractivity contribution in [3.05, 3.63) is 22.4 Å². The van der Waals surface area contributed by atoms with Crippen LogP contribution in [0.15, 0.2) is 16.8 Å². The van der Waals surface area contributed by atoms with Gasteiger partial charge < -0.3 is 0 Å². The zero-order chi connectivity index (χ0) is 11.6. The van der Waals surface area contributed by atoms with E-state index in [4.69, 9.17) is 5.84 Å². The summed E-state index contributed by atoms with van der Waals surface area (Å²) in [6.45, 7) is 4.75. The second-order valence-corrected chi connectivity index (χ2v) is 6.48. The lowest BCUT2D eigenvalue weighted by atomic mass is 9.70. The molecular weight excluding hydrogens is 216 g/mol. The second-order valence-electron chi connectivity index (χ2n) is 5.70. The number of nitrogens with one attached hydrogen (secondary N) is 1. The molecule has 2 rings (SSSR count). The highest BCUT2D eigenvalue weighted by Gasteiger charge is 2.31. The molecule has 0 bridgehead atoms. The van der Waals surface area contributed by atoms with Crippen molar-refractivity contribution in [3.8, 4) is 0 Å². The third-order valence-electron chi connectivity index (χ3n) is 3.94. The van der Waals surface area contributed by atoms with Crippen LogP contribution in [-0.4, -0.2) is 0 Å². The third kappa shape index (κ3) is 2.65. The minimum absolute atomic E-state index is 0.349. The van der Waals surface area contributed by atoms with Crippen LogP contribution in [0.3, 0.4) is 0 Å². The standard InChI is InChI=1S/C13H22N2S/c1-13(2)6-3-10(4-7-13)12(15-14)11-5-8-16-9-11/h5,8-10,12,15H,3-4,6-7,14H2,1-2H3. The fourth-order valence-electron chi connectivity index (χ4n) is 2.71. The summed E-state index contributed by atoms with van der Waals surface area (Å²) in [5, 5.41) is 4.34. The van der Waals surface area contributed by atoms with E-state index in [0.29, 0.717) is 17.4 Å². The molecule has 1 fully saturated rings. The Hall–Kier alpha value is -0.380. The highest BCUT2D eigenvalue weighted by atomic mass is 32.1. The van der Waals surface area contributed by atoms with Crippen LogP contribution in [0.2, 0.25) is 0 Å². The van der Waals surface area contributed by atoms with Gasteiger partial charge in [-0.3, -0.25) is 11.3 Å². The quantitative estimate of drug-likeness (QED) is 0.625. The van der Waals surface area contributed by atoms with Crippen LogP contribution < -0.4 is 11.3 Å². The van der Waals surface area contributed by atoms with Gasteiger partial charge in [-0.1, -0.05) is 13.8 Å². The largest absolute Gasteiger partial charge is 0.271 e. The first-order valence-electron chi connectivity index (χ1n) is 6.11. The van der Waals surface area contributed by atoms with Gasteiger partial charge in [-0.05, 0) is 59.4 Å². The van der Waals surface area contributed by atoms with E-state index in [0.717, 1.165) is 0 Å². The Bertz CT molecular complexity index is 309. The molecule has 0 aromatic carbocycles. The Balaban J connectivity index is 2.02. The Morgan fingerprint density at radius 3 is 2.62 bits per heavy atom. The number of rotatable bonds is 3. The number of hydrogen-bond acceptors (Lipinski definition) is 3. The van der Waals surface area contributed by atoms with Crippen molar-refractivity contribution in [2.45, 2.75) is 45.6 Å². The maximum atomic E-state index is 5.72. The monoisotopic (exact) mass is 238 g/mol. The first-order chi connectivity index (χ1) is 7.62. The lowest BCUT2D eigenvalue weighted by molar-refractivity contribution is 0.162. The number of nitrogens with two attached hydrogens (primary N) is 1. The summed E-state index contributed by atoms with van der Waals surface area (Å²) in [5.41, 5.74) is 4.90. The van der Waals surface area contributed by atoms with Gasteiger partial charge in [0, 0.05) is 6.04 Å². The smallest absolute Gasteiger partial charge is 0.0496 e. The van der Waals surface area contributed by atoms with E-state index in [2.05, 4.69) is 36.1 Å². The van der Waals surface area contributed by atoms with Crippen molar-refractivity contribution in [3.63, 3.8) is 0 Å². The predicted molar refractivity (Wildman–Crippen MR) is 70.1 cm³/mol. The van der Waals surface area contributed by atoms with Crippen LogP contribution in [0.5, 0.6) is 0 Å². The van der Waals surface area contributed by atoms with E-state index >= 15 is 0 Å². The Labute approximate surface area is 102 Å². The molecule has 0 amide bonds. The fraction of sp³-hybridized carbons (Fsp3) is 0.692. The van der Waals surface area contributed by atoms with Crippen molar-refractivity contribution in [1.29, 1.82) is 0 Å². The molecule has 0 aliphatic heterocycles. The zero-order valence-electron chi connectivity index (χ0n) is 10.2. The summed E-state index contributed by atoms with van der Waals surface area (Å²) in [7, 11) is 0. The Morgan fingerprint density at radius 2 is 2.12 bits per heavy atom. The topological polar surface area (TPSA) is 38.0 Å². The average Bonchev–Trinajstić information content (AvgIpc) is 2.75. The van der Waals surface area contributed by atoms with Gasteiger partial charge in [-0.15, -0.1) is 0 Å². The van der Waals surface area contributed by atoms with Gasteiger partial charge in [0.15, 0.2) is 0 Å². The molecule has 1 unspecified atom stereocenters. The Morgan fingerprint density at radius 1 is 1.44 bits per heavy atom. The van der Waals surface area contributed by atoms with Crippen molar-refractivity contribution in [1.82, 2.24) is 5.43 Å². The molecule has 16 heavy (non-hydrogen) atoms. The summed E-state index contributed by atoms with van der Waals surface area (Å²) in [6.07, 6.45) is 5.22. The van der Waals surface area contributed by atoms with Gasteiger partial charge in [-0.25, -0.2) is 0 Å². The minimum atomic E-state index is 0.349. The highest BCUT2D eigenvalue weighted by molar-refractivity contribution is 7.07. The van der Waals surface area contributed by atoms with Gasteiger partial charge in [-0.2, -0.15) is 11.3 Å². The highest BCUT2D eigenvalue weighted by Crippen LogP contribution is 2.42. The summed E-state index contributed by atoms with van der Waals surface area (Å²) >= 11 is 1.75. The van der Waals surface area contributed by atoms with Crippen molar-refractivity contribution >= 4 is 11.3 Å². The zero-order valence-corrected chi connectivity index (χ0v) is 11.0. The molecule has 1 aromatic rings. The van der Waals surface area contributed by atoms with Crippen LogP contribution in [0.1, 0.15) is 51.1 Å². The van der Waals surface area contributed by atoms with Gasteiger partial charge in [0.05, 0.1) is 0 Å². The molecule has 1 atom stereocenters. The maximum absolute atomic E-state index is 5.72. The number of hydrogen-bond donors (Lipinski definition) is 2. The SMILES string of the molecule is CC1(C)CCC(C(NN)c2ccsc2)CC1. The molecule has 0 spiro atoms. The second kappa shape index (κ2) is 4.86. The maximum Gasteiger partial charge on any atom is 0.0496 e. The molecule has 1 aliphatic carbocycles. The summed E-state index contributed by atoms with van der Waals surface area (Å²) in [6, 6.07) is 2.54. The number of hydrazine groups is 1. The lowest BCUT2D eigenvalue weighted by Crippen LogP contribution is -2.36. The minimum Gasteiger partial charge on any atom is -0.271 e. The van der Waals surface area contributed by atoms with E-state index in [1.165, 1.54) is 31.2 Å². The molecule has 90 valence electrons. The van der Waals surface area contributed by atoms with E-state index < -0.39 is 0 Å². The first kappa shape index (κ1) is 12.1. The molecular formula is C13H22N2S. The van der Waals surface area contributed by atoms with E-state index in [9.17, 15) is 0 Å². The molecule has 0 saturated heterocycles. The van der Waals surface area contributed by atoms with Crippen LogP contribution in [-0.2, 0) is 0 Å². The Kier molecular flexibility index (Phi) is 3.67. The van der Waals surface area contributed by atoms with E-state index in [1.807, 2.05) is 0 Å². The van der Waals surface area contributed by atoms with Gasteiger partial charge >= 0.3 is 0 Å². The number of thiophene rings is 1. The first-order valence-corrected chi connectivity index (χ1v) is 7.05. The van der Waals surface area contributed by atoms with Crippen LogP contribution in [0, 0.1) is 11.3 Å². The molecule has 1 heterocycles. The normalized spacial score (nSPS) is 23.2. The van der Waals surface area contributed by atoms with Crippen LogP contribution in [0.4, 0.5) is 0 Å². The molecule has 3 heteroatoms. The summed E-state index contributed by atoms with van der Waals surface area (Å²) in [5.74, 6) is 6.42. The molecule has 0 radical (unpaired) electrons. The lowest BCUT2D eigenvalue weighted by Gasteiger charge is -2.37. The van der Waals surface area contributed by atoms with Gasteiger partial charge in [0.1, 0.15) is 0 Å². The van der Waals surface area contributed by atoms with Gasteiger partial charge in [0.2, 0.25) is 0 Å².